The molecule has 6 rings (SSSR count). The second-order valence-electron chi connectivity index (χ2n) is 11.3. The third-order valence-corrected chi connectivity index (χ3v) is 8.20. The van der Waals surface area contributed by atoms with Crippen LogP contribution in [0.2, 0.25) is 0 Å². The number of alkyl halides is 2. The van der Waals surface area contributed by atoms with Crippen molar-refractivity contribution in [2.24, 2.45) is 11.8 Å². The van der Waals surface area contributed by atoms with Crippen LogP contribution in [-0.2, 0) is 5.92 Å². The molecule has 0 radical (unpaired) electrons. The van der Waals surface area contributed by atoms with E-state index in [9.17, 15) is 23.9 Å². The van der Waals surface area contributed by atoms with Crippen molar-refractivity contribution in [3.05, 3.63) is 53.1 Å². The molecule has 0 saturated heterocycles. The second kappa shape index (κ2) is 9.18. The third-order valence-electron chi connectivity index (χ3n) is 8.20. The zero-order valence-electron chi connectivity index (χ0n) is 21.3. The Morgan fingerprint density at radius 1 is 1.24 bits per heavy atom. The van der Waals surface area contributed by atoms with E-state index in [0.717, 1.165) is 62.8 Å². The van der Waals surface area contributed by atoms with Crippen LogP contribution in [0.1, 0.15) is 80.5 Å². The van der Waals surface area contributed by atoms with Crippen LogP contribution < -0.4 is 14.8 Å². The summed E-state index contributed by atoms with van der Waals surface area (Å²) in [5.74, 6) is -2.87. The first-order valence-corrected chi connectivity index (χ1v) is 13.4. The van der Waals surface area contributed by atoms with Gasteiger partial charge in [0, 0.05) is 36.7 Å². The van der Waals surface area contributed by atoms with Gasteiger partial charge in [0.05, 0.1) is 29.5 Å². The topological polar surface area (TPSA) is 103 Å². The number of carbonyl (C=O) groups excluding carboxylic acids is 1. The maximum atomic E-state index is 13.9. The highest BCUT2D eigenvalue weighted by atomic mass is 19.3. The quantitative estimate of drug-likeness (QED) is 0.315. The van der Waals surface area contributed by atoms with Crippen molar-refractivity contribution in [1.29, 1.82) is 0 Å². The maximum Gasteiger partial charge on any atom is 0.328 e. The molecule has 3 aromatic rings. The first-order valence-electron chi connectivity index (χ1n) is 13.4. The van der Waals surface area contributed by atoms with Crippen molar-refractivity contribution in [2.45, 2.75) is 75.9 Å². The summed E-state index contributed by atoms with van der Waals surface area (Å²) in [7, 11) is 0. The van der Waals surface area contributed by atoms with Crippen LogP contribution in [0.5, 0.6) is 5.75 Å². The van der Waals surface area contributed by atoms with E-state index in [1.165, 1.54) is 12.1 Å². The van der Waals surface area contributed by atoms with Crippen LogP contribution in [0.25, 0.3) is 10.9 Å². The number of halogens is 2. The molecule has 1 amide bonds. The zero-order valence-corrected chi connectivity index (χ0v) is 21.3. The molecule has 0 spiro atoms. The number of hydrogen-bond acceptors (Lipinski definition) is 5. The number of anilines is 1. The van der Waals surface area contributed by atoms with Crippen molar-refractivity contribution in [1.82, 2.24) is 9.78 Å². The van der Waals surface area contributed by atoms with Gasteiger partial charge >= 0.3 is 11.8 Å². The van der Waals surface area contributed by atoms with Crippen LogP contribution in [0.4, 0.5) is 14.5 Å². The van der Waals surface area contributed by atoms with E-state index < -0.39 is 28.8 Å². The molecule has 0 unspecified atom stereocenters. The van der Waals surface area contributed by atoms with E-state index in [1.807, 2.05) is 10.9 Å². The van der Waals surface area contributed by atoms with E-state index in [4.69, 9.17) is 9.84 Å². The Morgan fingerprint density at radius 3 is 2.63 bits per heavy atom. The average molecular weight is 527 g/mol. The van der Waals surface area contributed by atoms with Gasteiger partial charge in [0.1, 0.15) is 5.75 Å². The van der Waals surface area contributed by atoms with Gasteiger partial charge in [-0.1, -0.05) is 0 Å². The van der Waals surface area contributed by atoms with Crippen molar-refractivity contribution in [3.8, 4) is 5.75 Å². The summed E-state index contributed by atoms with van der Waals surface area (Å²) in [6.45, 7) is 1.11. The minimum atomic E-state index is -3.39. The standard InChI is InChI=1S/C28H32F2N4O4/c1-27(29,30)25-4-2-3-23(34(25)37)26(35)31-22-13-18-15-33(20-9-11-28(36,12-10-20)19-7-8-19)32-21(18)14-24(22)38-16-17-5-6-17/h2-4,13-15,17,19-20,36H,5-12,16H2,1H3,(H,31,35). The molecule has 3 aliphatic carbocycles. The molecule has 2 heterocycles. The lowest BCUT2D eigenvalue weighted by Crippen LogP contribution is -2.43. The number of aromatic nitrogens is 3. The number of benzene rings is 1. The summed E-state index contributed by atoms with van der Waals surface area (Å²) in [6.07, 6.45) is 9.54. The van der Waals surface area contributed by atoms with E-state index >= 15 is 0 Å². The van der Waals surface area contributed by atoms with Crippen LogP contribution in [0, 0.1) is 17.0 Å². The molecule has 3 fully saturated rings. The number of carbonyl (C=O) groups is 1. The number of ether oxygens (including phenoxy) is 1. The molecule has 2 aromatic heterocycles. The Labute approximate surface area is 219 Å². The fourth-order valence-corrected chi connectivity index (χ4v) is 5.54. The first kappa shape index (κ1) is 25.0. The van der Waals surface area contributed by atoms with Gasteiger partial charge in [-0.05, 0) is 75.3 Å². The van der Waals surface area contributed by atoms with Crippen molar-refractivity contribution < 1.29 is 28.1 Å². The number of rotatable bonds is 8. The van der Waals surface area contributed by atoms with E-state index in [1.54, 1.807) is 12.1 Å². The number of nitrogens with one attached hydrogen (secondary N) is 1. The summed E-state index contributed by atoms with van der Waals surface area (Å²) in [4.78, 5) is 13.0. The predicted molar refractivity (Wildman–Crippen MR) is 136 cm³/mol. The lowest BCUT2D eigenvalue weighted by atomic mass is 9.79. The van der Waals surface area contributed by atoms with Crippen molar-refractivity contribution in [3.63, 3.8) is 0 Å². The Morgan fingerprint density at radius 2 is 1.97 bits per heavy atom. The highest BCUT2D eigenvalue weighted by molar-refractivity contribution is 6.04. The Hall–Kier alpha value is -3.27. The number of fused-ring (bicyclic) bond motifs is 1. The number of nitrogens with zero attached hydrogens (tertiary/aromatic N) is 3. The number of amides is 1. The van der Waals surface area contributed by atoms with Gasteiger partial charge in [-0.15, -0.1) is 0 Å². The molecule has 1 aromatic carbocycles. The van der Waals surface area contributed by atoms with Gasteiger partial charge in [0.15, 0.2) is 0 Å². The van der Waals surface area contributed by atoms with Gasteiger partial charge in [-0.25, -0.2) is 0 Å². The minimum absolute atomic E-state index is 0.0253. The molecule has 3 aliphatic rings. The first-order chi connectivity index (χ1) is 18.1. The fourth-order valence-electron chi connectivity index (χ4n) is 5.54. The smallest absolute Gasteiger partial charge is 0.328 e. The summed E-state index contributed by atoms with van der Waals surface area (Å²) >= 11 is 0. The largest absolute Gasteiger partial charge is 0.618 e. The Kier molecular flexibility index (Phi) is 6.05. The number of aliphatic hydroxyl groups is 1. The highest BCUT2D eigenvalue weighted by Crippen LogP contribution is 2.49. The van der Waals surface area contributed by atoms with E-state index in [0.29, 0.717) is 42.3 Å². The summed E-state index contributed by atoms with van der Waals surface area (Å²) in [6, 6.07) is 7.18. The SMILES string of the molecule is CC(F)(F)c1cccc(C(=O)Nc2cc3cn(C4CCC(O)(C5CC5)CC4)nc3cc2OCC2CC2)[n+]1[O-]. The van der Waals surface area contributed by atoms with Crippen molar-refractivity contribution in [2.75, 3.05) is 11.9 Å². The molecular weight excluding hydrogens is 494 g/mol. The van der Waals surface area contributed by atoms with Crippen LogP contribution in [0.3, 0.4) is 0 Å². The molecule has 0 aliphatic heterocycles. The predicted octanol–water partition coefficient (Wildman–Crippen LogP) is 5.08. The zero-order chi connectivity index (χ0) is 26.7. The number of hydrogen-bond donors (Lipinski definition) is 2. The highest BCUT2D eigenvalue weighted by Gasteiger charge is 2.46. The molecule has 202 valence electrons. The molecule has 0 bridgehead atoms. The summed E-state index contributed by atoms with van der Waals surface area (Å²) < 4.78 is 35.6. The molecular formula is C28H32F2N4O4. The van der Waals surface area contributed by atoms with Gasteiger partial charge in [-0.2, -0.15) is 18.6 Å². The Balaban J connectivity index is 1.27. The summed E-state index contributed by atoms with van der Waals surface area (Å²) in [5.41, 5.74) is -0.708. The minimum Gasteiger partial charge on any atom is -0.618 e. The van der Waals surface area contributed by atoms with Gasteiger partial charge in [-0.3, -0.25) is 9.48 Å². The van der Waals surface area contributed by atoms with E-state index in [-0.39, 0.29) is 10.8 Å². The fraction of sp³-hybridized carbons (Fsp3) is 0.536. The van der Waals surface area contributed by atoms with E-state index in [2.05, 4.69) is 5.32 Å². The third kappa shape index (κ3) is 4.93. The monoisotopic (exact) mass is 526 g/mol. The molecule has 8 nitrogen and oxygen atoms in total. The van der Waals surface area contributed by atoms with Crippen LogP contribution in [0.15, 0.2) is 36.5 Å². The van der Waals surface area contributed by atoms with Crippen LogP contribution in [-0.4, -0.2) is 33.0 Å². The number of pyridine rings is 1. The van der Waals surface area contributed by atoms with Crippen LogP contribution >= 0.6 is 0 Å². The molecule has 38 heavy (non-hydrogen) atoms. The van der Waals surface area contributed by atoms with Crippen molar-refractivity contribution >= 4 is 22.5 Å². The van der Waals surface area contributed by atoms with Gasteiger partial charge in [0.25, 0.3) is 11.4 Å². The second-order valence-corrected chi connectivity index (χ2v) is 11.3. The lowest BCUT2D eigenvalue weighted by molar-refractivity contribution is -0.626. The maximum absolute atomic E-state index is 13.9. The van der Waals surface area contributed by atoms with Gasteiger partial charge < -0.3 is 20.4 Å². The normalized spacial score (nSPS) is 23.9. The molecule has 0 atom stereocenters. The Bertz CT molecular complexity index is 1370. The molecule has 10 heteroatoms. The molecule has 2 N–H and O–H groups in total. The molecule has 3 saturated carbocycles. The summed E-state index contributed by atoms with van der Waals surface area (Å²) in [5, 5.41) is 31.7. The van der Waals surface area contributed by atoms with Gasteiger partial charge in [0.2, 0.25) is 0 Å². The lowest BCUT2D eigenvalue weighted by Gasteiger charge is -2.36. The average Bonchev–Trinajstić information content (AvgIpc) is 3.80.